The van der Waals surface area contributed by atoms with Gasteiger partial charge in [-0.1, -0.05) is 41.9 Å². The zero-order chi connectivity index (χ0) is 13.8. The molecule has 1 unspecified atom stereocenters. The normalized spacial score (nSPS) is 20.1. The molecule has 0 N–H and O–H groups in total. The highest BCUT2D eigenvalue weighted by Crippen LogP contribution is 2.23. The minimum absolute atomic E-state index is 0.245. The molecule has 0 aliphatic carbocycles. The van der Waals surface area contributed by atoms with E-state index < -0.39 is 0 Å². The molecule has 104 valence electrons. The van der Waals surface area contributed by atoms with Gasteiger partial charge in [0.25, 0.3) is 0 Å². The highest BCUT2D eigenvalue weighted by atomic mass is 79.9. The van der Waals surface area contributed by atoms with Crippen molar-refractivity contribution in [3.8, 4) is 0 Å². The van der Waals surface area contributed by atoms with Gasteiger partial charge in [-0.2, -0.15) is 0 Å². The van der Waals surface area contributed by atoms with Gasteiger partial charge < -0.3 is 4.90 Å². The summed E-state index contributed by atoms with van der Waals surface area (Å²) in [6.07, 6.45) is 1.91. The summed E-state index contributed by atoms with van der Waals surface area (Å²) < 4.78 is 0.972. The first-order valence-electron chi connectivity index (χ1n) is 7.07. The molecule has 0 amide bonds. The third kappa shape index (κ3) is 4.15. The van der Waals surface area contributed by atoms with Gasteiger partial charge in [0, 0.05) is 29.5 Å². The Bertz CT molecular complexity index is 444. The Hall–Kier alpha value is -0.670. The Morgan fingerprint density at radius 3 is 2.89 bits per heavy atom. The van der Waals surface area contributed by atoms with Crippen molar-refractivity contribution in [3.63, 3.8) is 0 Å². The van der Waals surface area contributed by atoms with Gasteiger partial charge in [-0.15, -0.1) is 0 Å². The maximum Gasteiger partial charge on any atom is 0.164 e. The van der Waals surface area contributed by atoms with E-state index in [4.69, 9.17) is 0 Å². The number of halogens is 1. The molecule has 0 spiro atoms. The van der Waals surface area contributed by atoms with Gasteiger partial charge in [0.1, 0.15) is 0 Å². The predicted octanol–water partition coefficient (Wildman–Crippen LogP) is 4.00. The summed E-state index contributed by atoms with van der Waals surface area (Å²) in [6.45, 7) is 7.79. The standard InChI is InChI=1S/C16H22BrNO/c1-12(2)14-6-8-18(11-14)9-7-16(19)13-4-3-5-15(17)10-13/h3-5,10,12,14H,6-9,11H2,1-2H3. The van der Waals surface area contributed by atoms with E-state index in [-0.39, 0.29) is 5.78 Å². The van der Waals surface area contributed by atoms with Gasteiger partial charge in [-0.3, -0.25) is 4.79 Å². The molecule has 1 aromatic rings. The number of benzene rings is 1. The van der Waals surface area contributed by atoms with Crippen LogP contribution in [-0.4, -0.2) is 30.3 Å². The van der Waals surface area contributed by atoms with E-state index in [1.807, 2.05) is 24.3 Å². The van der Waals surface area contributed by atoms with E-state index in [0.717, 1.165) is 41.5 Å². The lowest BCUT2D eigenvalue weighted by atomic mass is 9.95. The molecular weight excluding hydrogens is 302 g/mol. The fourth-order valence-electron chi connectivity index (χ4n) is 2.68. The fraction of sp³-hybridized carbons (Fsp3) is 0.562. The van der Waals surface area contributed by atoms with Crippen LogP contribution in [0.5, 0.6) is 0 Å². The van der Waals surface area contributed by atoms with Crippen LogP contribution in [-0.2, 0) is 0 Å². The maximum absolute atomic E-state index is 12.1. The lowest BCUT2D eigenvalue weighted by Gasteiger charge is -2.17. The second kappa shape index (κ2) is 6.67. The second-order valence-electron chi connectivity index (χ2n) is 5.78. The highest BCUT2D eigenvalue weighted by molar-refractivity contribution is 9.10. The van der Waals surface area contributed by atoms with E-state index >= 15 is 0 Å². The Kier molecular flexibility index (Phi) is 5.17. The van der Waals surface area contributed by atoms with Crippen LogP contribution >= 0.6 is 15.9 Å². The third-order valence-corrected chi connectivity index (χ3v) is 4.55. The van der Waals surface area contributed by atoms with Crippen LogP contribution in [0.25, 0.3) is 0 Å². The molecule has 3 heteroatoms. The van der Waals surface area contributed by atoms with Crippen LogP contribution in [0.1, 0.15) is 37.0 Å². The monoisotopic (exact) mass is 323 g/mol. The Balaban J connectivity index is 1.82. The molecular formula is C16H22BrNO. The smallest absolute Gasteiger partial charge is 0.164 e. The number of Topliss-reactive ketones (excluding diaryl/α,β-unsaturated/α-hetero) is 1. The maximum atomic E-state index is 12.1. The van der Waals surface area contributed by atoms with Crippen molar-refractivity contribution in [2.24, 2.45) is 11.8 Å². The van der Waals surface area contributed by atoms with Crippen molar-refractivity contribution < 1.29 is 4.79 Å². The quantitative estimate of drug-likeness (QED) is 0.763. The number of nitrogens with zero attached hydrogens (tertiary/aromatic N) is 1. The molecule has 2 nitrogen and oxygen atoms in total. The molecule has 1 aliphatic heterocycles. The number of carbonyl (C=O) groups is 1. The molecule has 0 aromatic heterocycles. The van der Waals surface area contributed by atoms with E-state index in [0.29, 0.717) is 6.42 Å². The Morgan fingerprint density at radius 2 is 2.26 bits per heavy atom. The van der Waals surface area contributed by atoms with Gasteiger partial charge >= 0.3 is 0 Å². The minimum Gasteiger partial charge on any atom is -0.303 e. The van der Waals surface area contributed by atoms with Gasteiger partial charge in [0.2, 0.25) is 0 Å². The number of rotatable bonds is 5. The summed E-state index contributed by atoms with van der Waals surface area (Å²) in [5, 5.41) is 0. The Morgan fingerprint density at radius 1 is 1.47 bits per heavy atom. The average Bonchev–Trinajstić information content (AvgIpc) is 2.85. The largest absolute Gasteiger partial charge is 0.303 e. The molecule has 0 bridgehead atoms. The summed E-state index contributed by atoms with van der Waals surface area (Å²) in [6, 6.07) is 7.67. The molecule has 1 heterocycles. The Labute approximate surface area is 124 Å². The summed E-state index contributed by atoms with van der Waals surface area (Å²) >= 11 is 3.41. The van der Waals surface area contributed by atoms with E-state index in [9.17, 15) is 4.79 Å². The molecule has 0 saturated carbocycles. The van der Waals surface area contributed by atoms with Gasteiger partial charge in [-0.05, 0) is 36.9 Å². The molecule has 1 fully saturated rings. The van der Waals surface area contributed by atoms with Crippen molar-refractivity contribution in [1.29, 1.82) is 0 Å². The summed E-state index contributed by atoms with van der Waals surface area (Å²) in [7, 11) is 0. The van der Waals surface area contributed by atoms with Crippen LogP contribution in [0, 0.1) is 11.8 Å². The molecule has 2 rings (SSSR count). The molecule has 19 heavy (non-hydrogen) atoms. The minimum atomic E-state index is 0.245. The SMILES string of the molecule is CC(C)C1CCN(CCC(=O)c2cccc(Br)c2)C1. The van der Waals surface area contributed by atoms with Crippen LogP contribution < -0.4 is 0 Å². The predicted molar refractivity (Wildman–Crippen MR) is 82.5 cm³/mol. The number of ketones is 1. The topological polar surface area (TPSA) is 20.3 Å². The van der Waals surface area contributed by atoms with Crippen molar-refractivity contribution >= 4 is 21.7 Å². The molecule has 1 atom stereocenters. The van der Waals surface area contributed by atoms with Crippen molar-refractivity contribution in [1.82, 2.24) is 4.90 Å². The number of hydrogen-bond donors (Lipinski definition) is 0. The van der Waals surface area contributed by atoms with Crippen LogP contribution in [0.3, 0.4) is 0 Å². The first-order chi connectivity index (χ1) is 9.06. The highest BCUT2D eigenvalue weighted by Gasteiger charge is 2.24. The lowest BCUT2D eigenvalue weighted by Crippen LogP contribution is -2.24. The lowest BCUT2D eigenvalue weighted by molar-refractivity contribution is 0.0968. The molecule has 1 aliphatic rings. The van der Waals surface area contributed by atoms with E-state index in [1.54, 1.807) is 0 Å². The zero-order valence-electron chi connectivity index (χ0n) is 11.7. The average molecular weight is 324 g/mol. The summed E-state index contributed by atoms with van der Waals surface area (Å²) in [5.74, 6) is 1.81. The number of likely N-dealkylation sites (tertiary alicyclic amines) is 1. The third-order valence-electron chi connectivity index (χ3n) is 4.05. The zero-order valence-corrected chi connectivity index (χ0v) is 13.3. The molecule has 1 aromatic carbocycles. The summed E-state index contributed by atoms with van der Waals surface area (Å²) in [5.41, 5.74) is 0.814. The van der Waals surface area contributed by atoms with Crippen LogP contribution in [0.4, 0.5) is 0 Å². The second-order valence-corrected chi connectivity index (χ2v) is 6.69. The number of carbonyl (C=O) groups excluding carboxylic acids is 1. The fourth-order valence-corrected chi connectivity index (χ4v) is 3.08. The molecule has 0 radical (unpaired) electrons. The van der Waals surface area contributed by atoms with Crippen LogP contribution in [0.15, 0.2) is 28.7 Å². The van der Waals surface area contributed by atoms with Crippen molar-refractivity contribution in [2.45, 2.75) is 26.7 Å². The first-order valence-corrected chi connectivity index (χ1v) is 7.86. The summed E-state index contributed by atoms with van der Waals surface area (Å²) in [4.78, 5) is 14.6. The van der Waals surface area contributed by atoms with Gasteiger partial charge in [-0.25, -0.2) is 0 Å². The van der Waals surface area contributed by atoms with Gasteiger partial charge in [0.15, 0.2) is 5.78 Å². The molecule has 1 saturated heterocycles. The van der Waals surface area contributed by atoms with E-state index in [1.165, 1.54) is 6.42 Å². The van der Waals surface area contributed by atoms with Gasteiger partial charge in [0.05, 0.1) is 0 Å². The first kappa shape index (κ1) is 14.7. The van der Waals surface area contributed by atoms with Crippen LogP contribution in [0.2, 0.25) is 0 Å². The number of hydrogen-bond acceptors (Lipinski definition) is 2. The van der Waals surface area contributed by atoms with Crippen molar-refractivity contribution in [3.05, 3.63) is 34.3 Å². The van der Waals surface area contributed by atoms with Crippen molar-refractivity contribution in [2.75, 3.05) is 19.6 Å². The van der Waals surface area contributed by atoms with E-state index in [2.05, 4.69) is 34.7 Å².